The largest absolute Gasteiger partial charge is 0.466 e. The zero-order chi connectivity index (χ0) is 23.6. The highest BCUT2D eigenvalue weighted by molar-refractivity contribution is 6.29. The summed E-state index contributed by atoms with van der Waals surface area (Å²) in [4.78, 5) is 50.9. The maximum absolute atomic E-state index is 13.5. The van der Waals surface area contributed by atoms with Crippen LogP contribution in [-0.2, 0) is 30.0 Å². The summed E-state index contributed by atoms with van der Waals surface area (Å²) in [5.41, 5.74) is -2.79. The van der Waals surface area contributed by atoms with E-state index < -0.39 is 53.1 Å². The van der Waals surface area contributed by atoms with E-state index in [0.29, 0.717) is 6.07 Å². The van der Waals surface area contributed by atoms with Gasteiger partial charge in [0.15, 0.2) is 0 Å². The third-order valence-electron chi connectivity index (χ3n) is 3.63. The predicted molar refractivity (Wildman–Crippen MR) is 102 cm³/mol. The van der Waals surface area contributed by atoms with Gasteiger partial charge in [-0.3, -0.25) is 14.4 Å². The molecule has 31 heavy (non-hydrogen) atoms. The summed E-state index contributed by atoms with van der Waals surface area (Å²) >= 11 is 5.30. The van der Waals surface area contributed by atoms with Crippen LogP contribution in [0.3, 0.4) is 0 Å². The number of alkyl halides is 4. The van der Waals surface area contributed by atoms with E-state index in [-0.39, 0.29) is 31.7 Å². The van der Waals surface area contributed by atoms with E-state index in [1.165, 1.54) is 6.92 Å². The second kappa shape index (κ2) is 12.1. The quantitative estimate of drug-likeness (QED) is 0.399. The summed E-state index contributed by atoms with van der Waals surface area (Å²) in [5, 5.41) is 4.21. The van der Waals surface area contributed by atoms with Crippen molar-refractivity contribution >= 4 is 41.0 Å². The van der Waals surface area contributed by atoms with Crippen LogP contribution >= 0.6 is 11.6 Å². The van der Waals surface area contributed by atoms with Gasteiger partial charge in [0.1, 0.15) is 17.6 Å². The zero-order valence-electron chi connectivity index (χ0n) is 16.7. The lowest BCUT2D eigenvalue weighted by Crippen LogP contribution is -2.43. The molecular weight excluding hydrogens is 447 g/mol. The molecule has 13 heteroatoms. The number of hydrogen-bond acceptors (Lipinski definition) is 7. The van der Waals surface area contributed by atoms with Gasteiger partial charge in [-0.25, -0.2) is 9.78 Å². The Labute approximate surface area is 180 Å². The van der Waals surface area contributed by atoms with Crippen molar-refractivity contribution in [2.24, 2.45) is 0 Å². The second-order valence-electron chi connectivity index (χ2n) is 5.92. The van der Waals surface area contributed by atoms with E-state index in [9.17, 15) is 32.3 Å². The van der Waals surface area contributed by atoms with Gasteiger partial charge >= 0.3 is 18.1 Å². The Morgan fingerprint density at radius 2 is 1.81 bits per heavy atom. The molecule has 2 amide bonds. The second-order valence-corrected chi connectivity index (χ2v) is 6.19. The molecule has 2 N–H and O–H groups in total. The number of carbonyl (C=O) groups is 4. The first-order valence-electron chi connectivity index (χ1n) is 9.09. The summed E-state index contributed by atoms with van der Waals surface area (Å²) < 4.78 is 49.9. The maximum atomic E-state index is 13.5. The van der Waals surface area contributed by atoms with Crippen LogP contribution in [0.15, 0.2) is 12.3 Å². The van der Waals surface area contributed by atoms with Crippen molar-refractivity contribution in [3.63, 3.8) is 0 Å². The van der Waals surface area contributed by atoms with Crippen LogP contribution in [0.5, 0.6) is 0 Å². The lowest BCUT2D eigenvalue weighted by Gasteiger charge is -2.18. The number of carbonyl (C=O) groups excluding carboxylic acids is 4. The van der Waals surface area contributed by atoms with Crippen LogP contribution in [0.4, 0.5) is 18.9 Å². The molecule has 0 bridgehead atoms. The highest BCUT2D eigenvalue weighted by Crippen LogP contribution is 2.33. The van der Waals surface area contributed by atoms with Crippen molar-refractivity contribution in [1.82, 2.24) is 10.3 Å². The van der Waals surface area contributed by atoms with Gasteiger partial charge in [0, 0.05) is 6.42 Å². The summed E-state index contributed by atoms with van der Waals surface area (Å²) in [6.45, 7) is 3.12. The number of nitrogens with one attached hydrogen (secondary N) is 2. The number of pyridine rings is 1. The topological polar surface area (TPSA) is 124 Å². The van der Waals surface area contributed by atoms with E-state index in [2.05, 4.69) is 15.6 Å². The minimum Gasteiger partial charge on any atom is -0.466 e. The molecule has 1 atom stereocenters. The number of rotatable bonds is 10. The molecular formula is C18H21ClF3N3O6. The van der Waals surface area contributed by atoms with Crippen LogP contribution in [0.25, 0.3) is 0 Å². The fourth-order valence-electron chi connectivity index (χ4n) is 2.34. The third-order valence-corrected chi connectivity index (χ3v) is 3.87. The molecule has 1 rings (SSSR count). The molecule has 0 fully saturated rings. The zero-order valence-corrected chi connectivity index (χ0v) is 17.4. The molecule has 1 aromatic heterocycles. The first kappa shape index (κ1) is 26.1. The van der Waals surface area contributed by atoms with Gasteiger partial charge in [0.2, 0.25) is 5.91 Å². The van der Waals surface area contributed by atoms with E-state index in [1.807, 2.05) is 0 Å². The number of amides is 2. The lowest BCUT2D eigenvalue weighted by atomic mass is 10.1. The predicted octanol–water partition coefficient (Wildman–Crippen LogP) is 2.28. The fraction of sp³-hybridized carbons (Fsp3) is 0.500. The summed E-state index contributed by atoms with van der Waals surface area (Å²) in [7, 11) is 0. The molecule has 0 aliphatic rings. The van der Waals surface area contributed by atoms with Crippen molar-refractivity contribution < 1.29 is 41.8 Å². The molecule has 0 spiro atoms. The fourth-order valence-corrected chi connectivity index (χ4v) is 2.41. The molecule has 0 saturated heterocycles. The molecule has 1 heterocycles. The standard InChI is InChI=1S/C18H21ClF3N3O6/c1-3-30-14(27)6-5-12(17(29)31-4-2)25-16(28)15-11(18(20,21)22)7-10(9-23-15)24-13(26)8-19/h7,9,12H,3-6,8H2,1-2H3,(H,24,26)(H,25,28)/t12-/m0/s1. The van der Waals surface area contributed by atoms with Gasteiger partial charge in [-0.15, -0.1) is 11.6 Å². The number of ether oxygens (including phenoxy) is 2. The lowest BCUT2D eigenvalue weighted by molar-refractivity contribution is -0.147. The minimum absolute atomic E-state index is 0.0500. The Kier molecular flexibility index (Phi) is 10.2. The molecule has 0 radical (unpaired) electrons. The molecule has 1 aromatic rings. The van der Waals surface area contributed by atoms with Crippen molar-refractivity contribution in [1.29, 1.82) is 0 Å². The average Bonchev–Trinajstić information content (AvgIpc) is 2.70. The van der Waals surface area contributed by atoms with Crippen molar-refractivity contribution in [3.05, 3.63) is 23.5 Å². The molecule has 0 unspecified atom stereocenters. The Morgan fingerprint density at radius 1 is 1.16 bits per heavy atom. The molecule has 0 saturated carbocycles. The maximum Gasteiger partial charge on any atom is 0.418 e. The molecule has 172 valence electrons. The number of nitrogens with zero attached hydrogens (tertiary/aromatic N) is 1. The van der Waals surface area contributed by atoms with Crippen LogP contribution in [-0.4, -0.2) is 53.9 Å². The van der Waals surface area contributed by atoms with Gasteiger partial charge in [-0.2, -0.15) is 13.2 Å². The van der Waals surface area contributed by atoms with E-state index in [0.717, 1.165) is 6.20 Å². The number of anilines is 1. The van der Waals surface area contributed by atoms with Crippen molar-refractivity contribution in [2.75, 3.05) is 24.4 Å². The van der Waals surface area contributed by atoms with E-state index >= 15 is 0 Å². The Morgan fingerprint density at radius 3 is 2.35 bits per heavy atom. The molecule has 0 aliphatic carbocycles. The van der Waals surface area contributed by atoms with Crippen LogP contribution in [0, 0.1) is 0 Å². The highest BCUT2D eigenvalue weighted by Gasteiger charge is 2.37. The van der Waals surface area contributed by atoms with Gasteiger partial charge in [0.05, 0.1) is 30.7 Å². The number of aromatic nitrogens is 1. The van der Waals surface area contributed by atoms with E-state index in [4.69, 9.17) is 21.1 Å². The first-order valence-corrected chi connectivity index (χ1v) is 9.63. The first-order chi connectivity index (χ1) is 14.5. The average molecular weight is 468 g/mol. The number of esters is 2. The minimum atomic E-state index is -4.99. The van der Waals surface area contributed by atoms with Crippen LogP contribution in [0.2, 0.25) is 0 Å². The van der Waals surface area contributed by atoms with E-state index in [1.54, 1.807) is 6.92 Å². The Bertz CT molecular complexity index is 819. The number of hydrogen-bond donors (Lipinski definition) is 2. The monoisotopic (exact) mass is 467 g/mol. The smallest absolute Gasteiger partial charge is 0.418 e. The summed E-state index contributed by atoms with van der Waals surface area (Å²) in [5.74, 6) is -4.16. The third kappa shape index (κ3) is 8.40. The molecule has 0 aliphatic heterocycles. The van der Waals surface area contributed by atoms with Gasteiger partial charge in [-0.1, -0.05) is 0 Å². The van der Waals surface area contributed by atoms with Gasteiger partial charge < -0.3 is 20.1 Å². The Balaban J connectivity index is 3.14. The SMILES string of the molecule is CCOC(=O)CC[C@H](NC(=O)c1ncc(NC(=O)CCl)cc1C(F)(F)F)C(=O)OCC. The summed E-state index contributed by atoms with van der Waals surface area (Å²) in [6.07, 6.45) is -4.69. The van der Waals surface area contributed by atoms with Crippen molar-refractivity contribution in [3.8, 4) is 0 Å². The van der Waals surface area contributed by atoms with Gasteiger partial charge in [0.25, 0.3) is 5.91 Å². The van der Waals surface area contributed by atoms with Crippen molar-refractivity contribution in [2.45, 2.75) is 38.9 Å². The molecule has 0 aromatic carbocycles. The Hall–Kier alpha value is -2.89. The normalized spacial score (nSPS) is 11.9. The van der Waals surface area contributed by atoms with Crippen LogP contribution in [0.1, 0.15) is 42.7 Å². The summed E-state index contributed by atoms with van der Waals surface area (Å²) in [6, 6.07) is -0.889. The number of halogens is 4. The van der Waals surface area contributed by atoms with Gasteiger partial charge in [-0.05, 0) is 26.3 Å². The molecule has 9 nitrogen and oxygen atoms in total. The van der Waals surface area contributed by atoms with Crippen LogP contribution < -0.4 is 10.6 Å². The highest BCUT2D eigenvalue weighted by atomic mass is 35.5.